The van der Waals surface area contributed by atoms with Gasteiger partial charge in [-0.3, -0.25) is 4.79 Å². The van der Waals surface area contributed by atoms with Crippen LogP contribution in [0, 0.1) is 0 Å². The number of hydrogen-bond donors (Lipinski definition) is 3. The van der Waals surface area contributed by atoms with E-state index in [1.165, 1.54) is 0 Å². The molecule has 0 bridgehead atoms. The Bertz CT molecular complexity index is 320. The summed E-state index contributed by atoms with van der Waals surface area (Å²) in [5.41, 5.74) is -0.474. The third kappa shape index (κ3) is 3.04. The molecule has 0 saturated heterocycles. The average molecular weight is 209 g/mol. The number of nitrogens with one attached hydrogen (secondary N) is 1. The molecule has 0 saturated carbocycles. The molecule has 15 heavy (non-hydrogen) atoms. The molecule has 0 aliphatic heterocycles. The van der Waals surface area contributed by atoms with E-state index in [9.17, 15) is 4.79 Å². The normalized spacial score (nSPS) is 11.1. The fourth-order valence-corrected chi connectivity index (χ4v) is 1.06. The molecule has 1 aromatic carbocycles. The van der Waals surface area contributed by atoms with Gasteiger partial charge in [0, 0.05) is 5.56 Å². The number of aliphatic hydroxyl groups excluding tert-OH is 2. The number of carbonyl (C=O) groups excluding carboxylic acids is 1. The third-order valence-corrected chi connectivity index (χ3v) is 2.15. The average Bonchev–Trinajstić information content (AvgIpc) is 2.30. The maximum absolute atomic E-state index is 11.6. The van der Waals surface area contributed by atoms with Gasteiger partial charge in [-0.05, 0) is 19.1 Å². The smallest absolute Gasteiger partial charge is 0.251 e. The molecular formula is C11H15NO3. The first-order valence-electron chi connectivity index (χ1n) is 4.70. The minimum absolute atomic E-state index is 0.303. The number of amides is 1. The number of benzene rings is 1. The highest BCUT2D eigenvalue weighted by Gasteiger charge is 2.24. The summed E-state index contributed by atoms with van der Waals surface area (Å²) in [4.78, 5) is 11.6. The van der Waals surface area contributed by atoms with Gasteiger partial charge in [0.15, 0.2) is 0 Å². The standard InChI is InChI=1S/C11H15NO3/c1-11(7-13,8-14)12-10(15)9-5-3-2-4-6-9/h2-6,13-14H,7-8H2,1H3,(H,12,15). The second-order valence-electron chi connectivity index (χ2n) is 3.70. The molecular weight excluding hydrogens is 194 g/mol. The summed E-state index contributed by atoms with van der Waals surface area (Å²) in [5, 5.41) is 20.6. The van der Waals surface area contributed by atoms with Crippen molar-refractivity contribution in [2.75, 3.05) is 13.2 Å². The van der Waals surface area contributed by atoms with Crippen LogP contribution < -0.4 is 5.32 Å². The first kappa shape index (κ1) is 11.7. The van der Waals surface area contributed by atoms with Gasteiger partial charge in [-0.25, -0.2) is 0 Å². The van der Waals surface area contributed by atoms with E-state index in [4.69, 9.17) is 10.2 Å². The summed E-state index contributed by atoms with van der Waals surface area (Å²) in [6.07, 6.45) is 0. The summed E-state index contributed by atoms with van der Waals surface area (Å²) >= 11 is 0. The van der Waals surface area contributed by atoms with Crippen LogP contribution in [0.1, 0.15) is 17.3 Å². The van der Waals surface area contributed by atoms with E-state index in [1.807, 2.05) is 6.07 Å². The van der Waals surface area contributed by atoms with Crippen molar-refractivity contribution in [1.82, 2.24) is 5.32 Å². The Morgan fingerprint density at radius 1 is 1.27 bits per heavy atom. The van der Waals surface area contributed by atoms with Gasteiger partial charge in [0.25, 0.3) is 5.91 Å². The van der Waals surface area contributed by atoms with Crippen LogP contribution >= 0.6 is 0 Å². The van der Waals surface area contributed by atoms with Crippen molar-refractivity contribution < 1.29 is 15.0 Å². The second kappa shape index (κ2) is 4.91. The van der Waals surface area contributed by atoms with Gasteiger partial charge >= 0.3 is 0 Å². The third-order valence-electron chi connectivity index (χ3n) is 2.15. The van der Waals surface area contributed by atoms with E-state index in [2.05, 4.69) is 5.32 Å². The maximum Gasteiger partial charge on any atom is 0.251 e. The summed E-state index contributed by atoms with van der Waals surface area (Å²) in [7, 11) is 0. The van der Waals surface area contributed by atoms with Gasteiger partial charge in [0.05, 0.1) is 18.8 Å². The van der Waals surface area contributed by atoms with Crippen molar-refractivity contribution in [3.63, 3.8) is 0 Å². The molecule has 1 amide bonds. The van der Waals surface area contributed by atoms with Crippen LogP contribution in [0.15, 0.2) is 30.3 Å². The Balaban J connectivity index is 2.72. The van der Waals surface area contributed by atoms with Crippen molar-refractivity contribution in [2.45, 2.75) is 12.5 Å². The number of carbonyl (C=O) groups is 1. The van der Waals surface area contributed by atoms with E-state index in [-0.39, 0.29) is 19.1 Å². The molecule has 0 aliphatic carbocycles. The van der Waals surface area contributed by atoms with Crippen LogP contribution in [0.2, 0.25) is 0 Å². The largest absolute Gasteiger partial charge is 0.394 e. The van der Waals surface area contributed by atoms with Crippen LogP contribution in [-0.4, -0.2) is 34.9 Å². The Morgan fingerprint density at radius 3 is 2.27 bits per heavy atom. The lowest BCUT2D eigenvalue weighted by molar-refractivity contribution is 0.0724. The molecule has 0 spiro atoms. The van der Waals surface area contributed by atoms with Gasteiger partial charge in [0.1, 0.15) is 0 Å². The van der Waals surface area contributed by atoms with Gasteiger partial charge in [-0.2, -0.15) is 0 Å². The number of hydrogen-bond acceptors (Lipinski definition) is 3. The van der Waals surface area contributed by atoms with Crippen LogP contribution in [0.5, 0.6) is 0 Å². The highest BCUT2D eigenvalue weighted by molar-refractivity contribution is 5.94. The topological polar surface area (TPSA) is 69.6 Å². The van der Waals surface area contributed by atoms with Crippen LogP contribution in [0.4, 0.5) is 0 Å². The minimum Gasteiger partial charge on any atom is -0.394 e. The van der Waals surface area contributed by atoms with Crippen molar-refractivity contribution >= 4 is 5.91 Å². The molecule has 0 fully saturated rings. The minimum atomic E-state index is -0.979. The van der Waals surface area contributed by atoms with Crippen LogP contribution in [0.3, 0.4) is 0 Å². The molecule has 0 radical (unpaired) electrons. The first-order chi connectivity index (χ1) is 7.11. The molecule has 4 heteroatoms. The molecule has 82 valence electrons. The predicted octanol–water partition coefficient (Wildman–Crippen LogP) is 0.160. The molecule has 1 rings (SSSR count). The van der Waals surface area contributed by atoms with E-state index in [0.29, 0.717) is 5.56 Å². The summed E-state index contributed by atoms with van der Waals surface area (Å²) < 4.78 is 0. The highest BCUT2D eigenvalue weighted by atomic mass is 16.3. The van der Waals surface area contributed by atoms with E-state index < -0.39 is 5.54 Å². The fraction of sp³-hybridized carbons (Fsp3) is 0.364. The van der Waals surface area contributed by atoms with Gasteiger partial charge < -0.3 is 15.5 Å². The molecule has 0 aromatic heterocycles. The second-order valence-corrected chi connectivity index (χ2v) is 3.70. The summed E-state index contributed by atoms with van der Waals surface area (Å²) in [5.74, 6) is -0.304. The molecule has 0 aliphatic rings. The summed E-state index contributed by atoms with van der Waals surface area (Å²) in [6, 6.07) is 8.66. The van der Waals surface area contributed by atoms with Crippen LogP contribution in [-0.2, 0) is 0 Å². The van der Waals surface area contributed by atoms with E-state index >= 15 is 0 Å². The lowest BCUT2D eigenvalue weighted by Crippen LogP contribution is -2.51. The maximum atomic E-state index is 11.6. The lowest BCUT2D eigenvalue weighted by atomic mass is 10.0. The fourth-order valence-electron chi connectivity index (χ4n) is 1.06. The zero-order valence-corrected chi connectivity index (χ0v) is 8.60. The molecule has 0 heterocycles. The van der Waals surface area contributed by atoms with E-state index in [1.54, 1.807) is 31.2 Å². The van der Waals surface area contributed by atoms with Crippen molar-refractivity contribution in [2.24, 2.45) is 0 Å². The monoisotopic (exact) mass is 209 g/mol. The van der Waals surface area contributed by atoms with Crippen molar-refractivity contribution in [3.05, 3.63) is 35.9 Å². The molecule has 4 nitrogen and oxygen atoms in total. The Morgan fingerprint density at radius 2 is 1.80 bits per heavy atom. The molecule has 0 unspecified atom stereocenters. The Kier molecular flexibility index (Phi) is 3.82. The van der Waals surface area contributed by atoms with Gasteiger partial charge in [-0.1, -0.05) is 18.2 Å². The predicted molar refractivity (Wildman–Crippen MR) is 56.5 cm³/mol. The quantitative estimate of drug-likeness (QED) is 0.661. The highest BCUT2D eigenvalue weighted by Crippen LogP contribution is 2.04. The molecule has 3 N–H and O–H groups in total. The zero-order chi connectivity index (χ0) is 11.3. The summed E-state index contributed by atoms with van der Waals surface area (Å²) in [6.45, 7) is 0.970. The van der Waals surface area contributed by atoms with Gasteiger partial charge in [-0.15, -0.1) is 0 Å². The SMILES string of the molecule is CC(CO)(CO)NC(=O)c1ccccc1. The van der Waals surface area contributed by atoms with E-state index in [0.717, 1.165) is 0 Å². The number of aliphatic hydroxyl groups is 2. The van der Waals surface area contributed by atoms with Gasteiger partial charge in [0.2, 0.25) is 0 Å². The van der Waals surface area contributed by atoms with Crippen molar-refractivity contribution in [3.8, 4) is 0 Å². The first-order valence-corrected chi connectivity index (χ1v) is 4.70. The lowest BCUT2D eigenvalue weighted by Gasteiger charge is -2.26. The molecule has 0 atom stereocenters. The van der Waals surface area contributed by atoms with Crippen molar-refractivity contribution in [1.29, 1.82) is 0 Å². The Labute approximate surface area is 88.6 Å². The molecule has 1 aromatic rings. The number of rotatable bonds is 4. The Hall–Kier alpha value is -1.39. The zero-order valence-electron chi connectivity index (χ0n) is 8.60. The van der Waals surface area contributed by atoms with Crippen LogP contribution in [0.25, 0.3) is 0 Å².